The van der Waals surface area contributed by atoms with Crippen LogP contribution in [0.1, 0.15) is 13.3 Å². The van der Waals surface area contributed by atoms with Crippen LogP contribution < -0.4 is 31.2 Å². The van der Waals surface area contributed by atoms with Crippen molar-refractivity contribution in [2.24, 2.45) is 10.7 Å². The number of amides is 2. The number of amidine groups is 1. The van der Waals surface area contributed by atoms with Crippen molar-refractivity contribution in [3.8, 4) is 11.5 Å². The van der Waals surface area contributed by atoms with Crippen molar-refractivity contribution in [3.63, 3.8) is 0 Å². The number of hydrogen-bond donors (Lipinski definition) is 4. The Morgan fingerprint density at radius 1 is 1.10 bits per heavy atom. The zero-order valence-corrected chi connectivity index (χ0v) is 23.6. The largest absolute Gasteiger partial charge is 0.494 e. The van der Waals surface area contributed by atoms with E-state index in [0.717, 1.165) is 45.3 Å². The Balaban J connectivity index is 1.72. The maximum Gasteiger partial charge on any atom is 0.252 e. The first-order chi connectivity index (χ1) is 19.8. The molecule has 11 nitrogen and oxygen atoms in total. The predicted octanol–water partition coefficient (Wildman–Crippen LogP) is 3.75. The number of para-hydroxylation sites is 2. The second-order valence-electron chi connectivity index (χ2n) is 8.98. The Labute approximate surface area is 240 Å². The SMILES string of the molecule is C=CC(=O)Nc1ccccc1NC(=N/C(=C)Nc1ccc(OCCCN2CCOCC2)cc1OC)/C(=C\C)C(N)=O. The van der Waals surface area contributed by atoms with E-state index in [1.54, 1.807) is 50.4 Å². The van der Waals surface area contributed by atoms with Crippen molar-refractivity contribution in [1.29, 1.82) is 0 Å². The van der Waals surface area contributed by atoms with Crippen molar-refractivity contribution in [3.05, 3.63) is 79.2 Å². The van der Waals surface area contributed by atoms with Gasteiger partial charge in [0.1, 0.15) is 23.2 Å². The number of hydrogen-bond acceptors (Lipinski definition) is 8. The van der Waals surface area contributed by atoms with Crippen LogP contribution in [0.25, 0.3) is 0 Å². The van der Waals surface area contributed by atoms with Gasteiger partial charge in [-0.15, -0.1) is 0 Å². The molecule has 0 aliphatic carbocycles. The summed E-state index contributed by atoms with van der Waals surface area (Å²) < 4.78 is 16.9. The molecule has 0 bridgehead atoms. The number of aliphatic imine (C=N–C) groups is 1. The second-order valence-corrected chi connectivity index (χ2v) is 8.98. The summed E-state index contributed by atoms with van der Waals surface area (Å²) in [6.45, 7) is 14.1. The molecule has 1 aliphatic heterocycles. The molecular formula is C30H38N6O5. The molecular weight excluding hydrogens is 524 g/mol. The first kappa shape index (κ1) is 30.9. The summed E-state index contributed by atoms with van der Waals surface area (Å²) in [5, 5.41) is 8.91. The fourth-order valence-corrected chi connectivity index (χ4v) is 4.05. The predicted molar refractivity (Wildman–Crippen MR) is 162 cm³/mol. The Morgan fingerprint density at radius 2 is 1.80 bits per heavy atom. The van der Waals surface area contributed by atoms with Gasteiger partial charge in [0.2, 0.25) is 5.91 Å². The van der Waals surface area contributed by atoms with Gasteiger partial charge in [-0.05, 0) is 43.7 Å². The van der Waals surface area contributed by atoms with E-state index < -0.39 is 5.91 Å². The van der Waals surface area contributed by atoms with Crippen molar-refractivity contribution >= 4 is 34.7 Å². The van der Waals surface area contributed by atoms with E-state index in [1.165, 1.54) is 6.08 Å². The summed E-state index contributed by atoms with van der Waals surface area (Å²) in [5.74, 6) is 0.470. The molecule has 2 amide bonds. The summed E-state index contributed by atoms with van der Waals surface area (Å²) in [4.78, 5) is 31.0. The van der Waals surface area contributed by atoms with Gasteiger partial charge < -0.3 is 35.9 Å². The van der Waals surface area contributed by atoms with Gasteiger partial charge in [-0.3, -0.25) is 14.5 Å². The minimum Gasteiger partial charge on any atom is -0.494 e. The molecule has 218 valence electrons. The summed E-state index contributed by atoms with van der Waals surface area (Å²) in [7, 11) is 1.56. The van der Waals surface area contributed by atoms with Crippen LogP contribution in [0.4, 0.5) is 17.1 Å². The quantitative estimate of drug-likeness (QED) is 0.118. The molecule has 0 atom stereocenters. The van der Waals surface area contributed by atoms with E-state index in [-0.39, 0.29) is 23.1 Å². The molecule has 1 fully saturated rings. The molecule has 11 heteroatoms. The number of methoxy groups -OCH3 is 1. The Morgan fingerprint density at radius 3 is 2.44 bits per heavy atom. The third-order valence-corrected chi connectivity index (χ3v) is 6.12. The standard InChI is InChI=1S/C30H38N6O5/c1-5-23(29(31)38)30(35-25-11-8-7-10-24(25)34-28(37)6-2)33-21(3)32-26-13-12-22(20-27(26)39-4)41-17-9-14-36-15-18-40-19-16-36/h5-8,10-13,20,32H,2-3,9,14-19H2,1,4H3,(H2,31,38)(H,33,35)(H,34,37)/b23-5-. The van der Waals surface area contributed by atoms with Gasteiger partial charge >= 0.3 is 0 Å². The third kappa shape index (κ3) is 9.52. The van der Waals surface area contributed by atoms with Gasteiger partial charge in [-0.25, -0.2) is 4.99 Å². The van der Waals surface area contributed by atoms with Gasteiger partial charge in [-0.2, -0.15) is 0 Å². The topological polar surface area (TPSA) is 140 Å². The summed E-state index contributed by atoms with van der Waals surface area (Å²) in [6.07, 6.45) is 3.60. The lowest BCUT2D eigenvalue weighted by molar-refractivity contribution is -0.114. The average Bonchev–Trinajstić information content (AvgIpc) is 2.97. The van der Waals surface area contributed by atoms with Crippen LogP contribution in [0.15, 0.2) is 84.2 Å². The van der Waals surface area contributed by atoms with Crippen molar-refractivity contribution in [2.45, 2.75) is 13.3 Å². The number of allylic oxidation sites excluding steroid dienone is 1. The molecule has 0 unspecified atom stereocenters. The van der Waals surface area contributed by atoms with Crippen molar-refractivity contribution in [2.75, 3.05) is 62.5 Å². The van der Waals surface area contributed by atoms with Gasteiger partial charge in [-0.1, -0.05) is 31.4 Å². The van der Waals surface area contributed by atoms with Crippen LogP contribution in [0.3, 0.4) is 0 Å². The fraction of sp³-hybridized carbons (Fsp3) is 0.300. The van der Waals surface area contributed by atoms with Gasteiger partial charge in [0.05, 0.1) is 49.6 Å². The highest BCUT2D eigenvalue weighted by Crippen LogP contribution is 2.30. The lowest BCUT2D eigenvalue weighted by atomic mass is 10.2. The minimum absolute atomic E-state index is 0.130. The number of nitrogens with zero attached hydrogens (tertiary/aromatic N) is 2. The van der Waals surface area contributed by atoms with Gasteiger partial charge in [0, 0.05) is 25.7 Å². The Hall–Kier alpha value is -4.61. The maximum atomic E-state index is 12.2. The minimum atomic E-state index is -0.688. The molecule has 1 aliphatic rings. The van der Waals surface area contributed by atoms with E-state index in [9.17, 15) is 9.59 Å². The van der Waals surface area contributed by atoms with E-state index in [2.05, 4.69) is 39.0 Å². The fourth-order valence-electron chi connectivity index (χ4n) is 4.05. The molecule has 0 spiro atoms. The molecule has 1 saturated heterocycles. The number of rotatable bonds is 14. The highest BCUT2D eigenvalue weighted by molar-refractivity contribution is 6.25. The van der Waals surface area contributed by atoms with Gasteiger partial charge in [0.25, 0.3) is 5.91 Å². The normalized spacial score (nSPS) is 14.1. The molecule has 0 radical (unpaired) electrons. The van der Waals surface area contributed by atoms with Crippen LogP contribution in [0, 0.1) is 0 Å². The number of nitrogens with two attached hydrogens (primary N) is 1. The summed E-state index contributed by atoms with van der Waals surface area (Å²) in [6, 6.07) is 12.4. The molecule has 1 heterocycles. The second kappa shape index (κ2) is 15.8. The van der Waals surface area contributed by atoms with Crippen LogP contribution in [-0.4, -0.2) is 69.1 Å². The molecule has 0 aromatic heterocycles. The van der Waals surface area contributed by atoms with Crippen molar-refractivity contribution < 1.29 is 23.8 Å². The zero-order chi connectivity index (χ0) is 29.6. The lowest BCUT2D eigenvalue weighted by Crippen LogP contribution is -2.37. The highest BCUT2D eigenvalue weighted by atomic mass is 16.5. The highest BCUT2D eigenvalue weighted by Gasteiger charge is 2.16. The van der Waals surface area contributed by atoms with Crippen molar-refractivity contribution in [1.82, 2.24) is 4.90 Å². The van der Waals surface area contributed by atoms with Gasteiger partial charge in [0.15, 0.2) is 0 Å². The Kier molecular flexibility index (Phi) is 12.0. The zero-order valence-electron chi connectivity index (χ0n) is 23.6. The molecule has 2 aromatic carbocycles. The first-order valence-corrected chi connectivity index (χ1v) is 13.3. The summed E-state index contributed by atoms with van der Waals surface area (Å²) in [5.41, 5.74) is 7.30. The number of nitrogens with one attached hydrogen (secondary N) is 3. The van der Waals surface area contributed by atoms with Crippen LogP contribution in [0.5, 0.6) is 11.5 Å². The number of primary amides is 1. The lowest BCUT2D eigenvalue weighted by Gasteiger charge is -2.26. The molecule has 2 aromatic rings. The Bertz CT molecular complexity index is 1300. The molecule has 3 rings (SSSR count). The number of carbonyl (C=O) groups is 2. The maximum absolute atomic E-state index is 12.2. The van der Waals surface area contributed by atoms with Crippen LogP contribution in [-0.2, 0) is 14.3 Å². The smallest absolute Gasteiger partial charge is 0.252 e. The molecule has 41 heavy (non-hydrogen) atoms. The summed E-state index contributed by atoms with van der Waals surface area (Å²) >= 11 is 0. The third-order valence-electron chi connectivity index (χ3n) is 6.12. The number of morpholine rings is 1. The molecule has 0 saturated carbocycles. The van der Waals surface area contributed by atoms with Crippen LogP contribution >= 0.6 is 0 Å². The number of anilines is 3. The van der Waals surface area contributed by atoms with E-state index in [1.807, 2.05) is 6.07 Å². The van der Waals surface area contributed by atoms with E-state index in [0.29, 0.717) is 35.2 Å². The number of ether oxygens (including phenoxy) is 3. The number of benzene rings is 2. The molecule has 5 N–H and O–H groups in total. The first-order valence-electron chi connectivity index (χ1n) is 13.3. The number of carbonyl (C=O) groups excluding carboxylic acids is 2. The average molecular weight is 563 g/mol. The van der Waals surface area contributed by atoms with Crippen LogP contribution in [0.2, 0.25) is 0 Å². The van der Waals surface area contributed by atoms with E-state index in [4.69, 9.17) is 19.9 Å². The van der Waals surface area contributed by atoms with E-state index >= 15 is 0 Å². The monoisotopic (exact) mass is 562 g/mol.